The molecule has 0 spiro atoms. The number of rotatable bonds is 15. The summed E-state index contributed by atoms with van der Waals surface area (Å²) in [6, 6.07) is 0. The SMILES string of the molecule is CCCCCCCCCC(CCC(=O)OC)(CCC(=O)OC)P=O. The lowest BCUT2D eigenvalue weighted by Gasteiger charge is -2.26. The lowest BCUT2D eigenvalue weighted by molar-refractivity contribution is -0.141. The largest absolute Gasteiger partial charge is 0.469 e. The summed E-state index contributed by atoms with van der Waals surface area (Å²) in [6.45, 7) is 2.20. The quantitative estimate of drug-likeness (QED) is 0.232. The van der Waals surface area contributed by atoms with Crippen molar-refractivity contribution in [2.45, 2.75) is 89.1 Å². The van der Waals surface area contributed by atoms with Crippen LogP contribution in [-0.4, -0.2) is 31.3 Å². The van der Waals surface area contributed by atoms with E-state index in [4.69, 9.17) is 0 Å². The van der Waals surface area contributed by atoms with Gasteiger partial charge in [-0.1, -0.05) is 51.9 Å². The molecule has 0 heterocycles. The second-order valence-electron chi connectivity index (χ2n) is 6.34. The Morgan fingerprint density at radius 2 is 1.25 bits per heavy atom. The van der Waals surface area contributed by atoms with E-state index in [1.54, 1.807) is 0 Å². The molecular weight excluding hydrogens is 327 g/mol. The number of carbonyl (C=O) groups excluding carboxylic acids is 2. The van der Waals surface area contributed by atoms with Gasteiger partial charge < -0.3 is 9.47 Å². The second-order valence-corrected chi connectivity index (χ2v) is 7.47. The van der Waals surface area contributed by atoms with Crippen molar-refractivity contribution in [3.05, 3.63) is 0 Å². The summed E-state index contributed by atoms with van der Waals surface area (Å²) in [7, 11) is 2.70. The van der Waals surface area contributed by atoms with Gasteiger partial charge in [0.05, 0.1) is 19.4 Å². The predicted octanol–water partition coefficient (Wildman–Crippen LogP) is 5.06. The summed E-state index contributed by atoms with van der Waals surface area (Å²) in [5.74, 6) is -0.610. The molecule has 140 valence electrons. The third-order valence-corrected chi connectivity index (χ3v) is 5.54. The van der Waals surface area contributed by atoms with Crippen molar-refractivity contribution in [2.24, 2.45) is 0 Å². The minimum absolute atomic E-state index is 0.00180. The number of ether oxygens (including phenoxy) is 2. The van der Waals surface area contributed by atoms with Crippen molar-refractivity contribution in [3.63, 3.8) is 0 Å². The highest BCUT2D eigenvalue weighted by atomic mass is 31.1. The molecule has 0 saturated carbocycles. The highest BCUT2D eigenvalue weighted by Gasteiger charge is 2.32. The molecule has 24 heavy (non-hydrogen) atoms. The van der Waals surface area contributed by atoms with Crippen LogP contribution in [0, 0.1) is 0 Å². The fourth-order valence-electron chi connectivity index (χ4n) is 2.80. The van der Waals surface area contributed by atoms with Crippen LogP contribution in [0.2, 0.25) is 0 Å². The van der Waals surface area contributed by atoms with Crippen LogP contribution in [0.1, 0.15) is 84.0 Å². The third-order valence-electron chi connectivity index (χ3n) is 4.48. The van der Waals surface area contributed by atoms with E-state index in [1.165, 1.54) is 46.3 Å². The first kappa shape index (κ1) is 23.0. The molecule has 0 unspecified atom stereocenters. The van der Waals surface area contributed by atoms with Gasteiger partial charge in [0.25, 0.3) is 0 Å². The molecule has 0 fully saturated rings. The smallest absolute Gasteiger partial charge is 0.305 e. The van der Waals surface area contributed by atoms with E-state index in [1.807, 2.05) is 0 Å². The molecule has 6 heteroatoms. The van der Waals surface area contributed by atoms with Gasteiger partial charge in [-0.3, -0.25) is 14.2 Å². The lowest BCUT2D eigenvalue weighted by atomic mass is 9.90. The molecule has 0 aromatic carbocycles. The first-order valence-electron chi connectivity index (χ1n) is 9.01. The summed E-state index contributed by atoms with van der Waals surface area (Å²) in [6.07, 6.45) is 10.4. The third kappa shape index (κ3) is 10.7. The topological polar surface area (TPSA) is 69.7 Å². The fourth-order valence-corrected chi connectivity index (χ4v) is 3.45. The van der Waals surface area contributed by atoms with Crippen LogP contribution in [0.25, 0.3) is 0 Å². The van der Waals surface area contributed by atoms with Crippen LogP contribution in [0.15, 0.2) is 0 Å². The van der Waals surface area contributed by atoms with Gasteiger partial charge >= 0.3 is 11.9 Å². The van der Waals surface area contributed by atoms with Crippen LogP contribution in [0.5, 0.6) is 0 Å². The minimum atomic E-state index is -0.536. The average molecular weight is 360 g/mol. The Kier molecular flexibility index (Phi) is 13.8. The van der Waals surface area contributed by atoms with Crippen molar-refractivity contribution in [3.8, 4) is 0 Å². The standard InChI is InChI=1S/C18H33O5P/c1-4-5-6-7-8-9-10-13-18(24-21,14-11-16(19)22-2)15-12-17(20)23-3/h4-15H2,1-3H3. The summed E-state index contributed by atoms with van der Waals surface area (Å²) in [5, 5.41) is -0.536. The molecule has 5 nitrogen and oxygen atoms in total. The Labute approximate surface area is 148 Å². The Balaban J connectivity index is 4.44. The number of methoxy groups -OCH3 is 2. The van der Waals surface area contributed by atoms with E-state index in [9.17, 15) is 14.2 Å². The van der Waals surface area contributed by atoms with E-state index >= 15 is 0 Å². The predicted molar refractivity (Wildman–Crippen MR) is 95.4 cm³/mol. The van der Waals surface area contributed by atoms with Crippen molar-refractivity contribution >= 4 is 20.4 Å². The maximum atomic E-state index is 11.8. The van der Waals surface area contributed by atoms with E-state index in [2.05, 4.69) is 16.4 Å². The summed E-state index contributed by atoms with van der Waals surface area (Å²) in [5.41, 5.74) is 0. The molecule has 0 aromatic rings. The first-order chi connectivity index (χ1) is 11.5. The molecule has 0 atom stereocenters. The van der Waals surface area contributed by atoms with Crippen LogP contribution >= 0.6 is 8.46 Å². The van der Waals surface area contributed by atoms with Crippen molar-refractivity contribution in [1.82, 2.24) is 0 Å². The number of unbranched alkanes of at least 4 members (excludes halogenated alkanes) is 6. The Bertz CT molecular complexity index is 350. The van der Waals surface area contributed by atoms with E-state index < -0.39 is 5.16 Å². The average Bonchev–Trinajstić information content (AvgIpc) is 2.62. The molecule has 0 bridgehead atoms. The molecular formula is C18H33O5P. The molecule has 0 aliphatic carbocycles. The Morgan fingerprint density at radius 1 is 0.792 bits per heavy atom. The fraction of sp³-hybridized carbons (Fsp3) is 0.889. The molecule has 0 aliphatic rings. The molecule has 0 N–H and O–H groups in total. The van der Waals surface area contributed by atoms with Crippen molar-refractivity contribution < 1.29 is 23.6 Å². The molecule has 0 aliphatic heterocycles. The van der Waals surface area contributed by atoms with Crippen LogP contribution in [0.4, 0.5) is 0 Å². The van der Waals surface area contributed by atoms with E-state index in [0.717, 1.165) is 19.3 Å². The highest BCUT2D eigenvalue weighted by Crippen LogP contribution is 2.39. The zero-order valence-corrected chi connectivity index (χ0v) is 16.4. The number of hydrogen-bond donors (Lipinski definition) is 0. The van der Waals surface area contributed by atoms with Crippen molar-refractivity contribution in [2.75, 3.05) is 14.2 Å². The van der Waals surface area contributed by atoms with Gasteiger partial charge in [0.1, 0.15) is 0 Å². The molecule has 0 saturated heterocycles. The number of esters is 2. The Hall–Kier alpha value is -0.960. The van der Waals surface area contributed by atoms with Gasteiger partial charge in [-0.2, -0.15) is 0 Å². The minimum Gasteiger partial charge on any atom is -0.469 e. The summed E-state index contributed by atoms with van der Waals surface area (Å²) >= 11 is 0. The summed E-state index contributed by atoms with van der Waals surface area (Å²) < 4.78 is 21.2. The van der Waals surface area contributed by atoms with Crippen LogP contribution < -0.4 is 0 Å². The lowest BCUT2D eigenvalue weighted by Crippen LogP contribution is -2.25. The monoisotopic (exact) mass is 360 g/mol. The van der Waals surface area contributed by atoms with Gasteiger partial charge in [0.2, 0.25) is 0 Å². The van der Waals surface area contributed by atoms with Gasteiger partial charge in [-0.25, -0.2) is 0 Å². The van der Waals surface area contributed by atoms with Crippen LogP contribution in [-0.2, 0) is 23.6 Å². The zero-order chi connectivity index (χ0) is 18.3. The molecule has 0 radical (unpaired) electrons. The van der Waals surface area contributed by atoms with Crippen LogP contribution in [0.3, 0.4) is 0 Å². The molecule has 0 amide bonds. The summed E-state index contributed by atoms with van der Waals surface area (Å²) in [4.78, 5) is 22.9. The first-order valence-corrected chi connectivity index (χ1v) is 9.83. The van der Waals surface area contributed by atoms with Gasteiger partial charge in [-0.05, 0) is 19.3 Å². The maximum absolute atomic E-state index is 11.8. The number of carbonyl (C=O) groups is 2. The Morgan fingerprint density at radius 3 is 1.67 bits per heavy atom. The molecule has 0 aromatic heterocycles. The van der Waals surface area contributed by atoms with E-state index in [0.29, 0.717) is 12.8 Å². The number of hydrogen-bond acceptors (Lipinski definition) is 5. The van der Waals surface area contributed by atoms with Gasteiger partial charge in [0.15, 0.2) is 8.46 Å². The highest BCUT2D eigenvalue weighted by molar-refractivity contribution is 7.26. The van der Waals surface area contributed by atoms with Gasteiger partial charge in [0, 0.05) is 12.8 Å². The second kappa shape index (κ2) is 14.4. The zero-order valence-electron chi connectivity index (χ0n) is 15.5. The normalized spacial score (nSPS) is 11.5. The maximum Gasteiger partial charge on any atom is 0.305 e. The van der Waals surface area contributed by atoms with Gasteiger partial charge in [-0.15, -0.1) is 0 Å². The molecule has 0 rings (SSSR count). The van der Waals surface area contributed by atoms with Crippen molar-refractivity contribution in [1.29, 1.82) is 0 Å². The van der Waals surface area contributed by atoms with E-state index in [-0.39, 0.29) is 33.2 Å².